The van der Waals surface area contributed by atoms with Crippen molar-refractivity contribution in [2.24, 2.45) is 0 Å². The molecule has 0 amide bonds. The molecule has 0 atom stereocenters. The van der Waals surface area contributed by atoms with E-state index in [1.807, 2.05) is 61.9 Å². The lowest BCUT2D eigenvalue weighted by molar-refractivity contribution is 1.09. The Hall–Kier alpha value is -4.66. The molecule has 0 radical (unpaired) electrons. The maximum Gasteiger partial charge on any atom is 0.161 e. The molecule has 0 aliphatic heterocycles. The lowest BCUT2D eigenvalue weighted by Crippen LogP contribution is -2.08. The van der Waals surface area contributed by atoms with E-state index in [9.17, 15) is 0 Å². The van der Waals surface area contributed by atoms with Crippen LogP contribution in [0.15, 0.2) is 67.4 Å². The molecule has 6 heterocycles. The van der Waals surface area contributed by atoms with Crippen molar-refractivity contribution in [3.63, 3.8) is 0 Å². The van der Waals surface area contributed by atoms with Gasteiger partial charge in [0.15, 0.2) is 17.1 Å². The molecular formula is C24H19N9. The van der Waals surface area contributed by atoms with Crippen LogP contribution >= 0.6 is 0 Å². The molecule has 0 fully saturated rings. The largest absolute Gasteiger partial charge is 0.376 e. The molecule has 2 N–H and O–H groups in total. The van der Waals surface area contributed by atoms with Crippen molar-refractivity contribution in [3.05, 3.63) is 67.4 Å². The molecule has 6 aromatic heterocycles. The van der Waals surface area contributed by atoms with Crippen LogP contribution in [0.3, 0.4) is 0 Å². The number of hydrogen-bond donors (Lipinski definition) is 2. The van der Waals surface area contributed by atoms with Gasteiger partial charge in [-0.3, -0.25) is 15.1 Å². The number of nitrogens with one attached hydrogen (secondary N) is 2. The van der Waals surface area contributed by atoms with Gasteiger partial charge >= 0.3 is 0 Å². The van der Waals surface area contributed by atoms with E-state index >= 15 is 0 Å². The zero-order valence-corrected chi connectivity index (χ0v) is 18.0. The number of aromatic amines is 2. The molecule has 0 unspecified atom stereocenters. The van der Waals surface area contributed by atoms with Crippen LogP contribution in [-0.2, 0) is 0 Å². The Bertz CT molecular complexity index is 1600. The monoisotopic (exact) mass is 433 g/mol. The Morgan fingerprint density at radius 2 is 1.76 bits per heavy atom. The van der Waals surface area contributed by atoms with Crippen molar-refractivity contribution in [2.75, 3.05) is 19.0 Å². The second kappa shape index (κ2) is 7.49. The average Bonchev–Trinajstić information content (AvgIpc) is 3.48. The first kappa shape index (κ1) is 19.1. The first-order valence-corrected chi connectivity index (χ1v) is 10.4. The van der Waals surface area contributed by atoms with Crippen molar-refractivity contribution in [3.8, 4) is 33.9 Å². The first-order valence-electron chi connectivity index (χ1n) is 10.4. The van der Waals surface area contributed by atoms with E-state index in [1.54, 1.807) is 12.4 Å². The quantitative estimate of drug-likeness (QED) is 0.431. The Kier molecular flexibility index (Phi) is 4.32. The Labute approximate surface area is 188 Å². The molecule has 0 aromatic carbocycles. The normalized spacial score (nSPS) is 11.3. The van der Waals surface area contributed by atoms with Gasteiger partial charge in [-0.05, 0) is 30.3 Å². The standard InChI is InChI=1S/C24H19N9/c1-33(2)16-9-14(11-25-13-16)15-10-18-21(31-32-22(18)28-12-15)24-29-20-17(6-8-27-23(20)30-24)19-5-3-4-7-26-19/h3-13H,1-2H3,(H,27,29,30)(H,28,31,32). The van der Waals surface area contributed by atoms with Crippen LogP contribution in [0.2, 0.25) is 0 Å². The van der Waals surface area contributed by atoms with Crippen LogP contribution in [0, 0.1) is 0 Å². The third-order valence-corrected chi connectivity index (χ3v) is 5.54. The maximum atomic E-state index is 4.83. The predicted molar refractivity (Wildman–Crippen MR) is 128 cm³/mol. The van der Waals surface area contributed by atoms with E-state index in [2.05, 4.69) is 47.2 Å². The molecule has 9 heteroatoms. The summed E-state index contributed by atoms with van der Waals surface area (Å²) in [5.41, 5.74) is 7.48. The highest BCUT2D eigenvalue weighted by atomic mass is 15.2. The minimum atomic E-state index is 0.617. The fraction of sp³-hybridized carbons (Fsp3) is 0.0833. The van der Waals surface area contributed by atoms with Gasteiger partial charge in [0.05, 0.1) is 23.0 Å². The minimum absolute atomic E-state index is 0.617. The molecule has 0 bridgehead atoms. The van der Waals surface area contributed by atoms with E-state index in [-0.39, 0.29) is 0 Å². The summed E-state index contributed by atoms with van der Waals surface area (Å²) < 4.78 is 0. The molecule has 0 spiro atoms. The highest BCUT2D eigenvalue weighted by molar-refractivity contribution is 5.95. The number of anilines is 1. The van der Waals surface area contributed by atoms with Crippen molar-refractivity contribution >= 4 is 27.9 Å². The van der Waals surface area contributed by atoms with E-state index < -0.39 is 0 Å². The van der Waals surface area contributed by atoms with Crippen molar-refractivity contribution in [1.82, 2.24) is 40.1 Å². The molecule has 6 aromatic rings. The highest BCUT2D eigenvalue weighted by Gasteiger charge is 2.17. The van der Waals surface area contributed by atoms with Crippen LogP contribution in [-0.4, -0.2) is 54.2 Å². The molecular weight excluding hydrogens is 414 g/mol. The number of H-pyrrole nitrogens is 2. The van der Waals surface area contributed by atoms with Crippen molar-refractivity contribution < 1.29 is 0 Å². The van der Waals surface area contributed by atoms with Gasteiger partial charge in [0.1, 0.15) is 11.2 Å². The Balaban J connectivity index is 1.48. The summed E-state index contributed by atoms with van der Waals surface area (Å²) in [7, 11) is 3.98. The number of hydrogen-bond acceptors (Lipinski definition) is 7. The molecule has 160 valence electrons. The second-order valence-corrected chi connectivity index (χ2v) is 7.87. The van der Waals surface area contributed by atoms with E-state index in [4.69, 9.17) is 4.98 Å². The minimum Gasteiger partial charge on any atom is -0.376 e. The van der Waals surface area contributed by atoms with Crippen LogP contribution in [0.5, 0.6) is 0 Å². The highest BCUT2D eigenvalue weighted by Crippen LogP contribution is 2.31. The van der Waals surface area contributed by atoms with Gasteiger partial charge in [-0.2, -0.15) is 5.10 Å². The average molecular weight is 433 g/mol. The van der Waals surface area contributed by atoms with E-state index in [1.165, 1.54) is 0 Å². The third-order valence-electron chi connectivity index (χ3n) is 5.54. The van der Waals surface area contributed by atoms with Gasteiger partial charge in [-0.1, -0.05) is 6.07 Å². The summed E-state index contributed by atoms with van der Waals surface area (Å²) in [5.74, 6) is 0.617. The fourth-order valence-corrected chi connectivity index (χ4v) is 3.82. The molecule has 6 rings (SSSR count). The van der Waals surface area contributed by atoms with Gasteiger partial charge in [-0.15, -0.1) is 0 Å². The molecule has 0 aliphatic carbocycles. The van der Waals surface area contributed by atoms with Gasteiger partial charge in [0, 0.05) is 55.6 Å². The zero-order valence-electron chi connectivity index (χ0n) is 18.0. The van der Waals surface area contributed by atoms with E-state index in [0.717, 1.165) is 39.0 Å². The topological polar surface area (TPSA) is 112 Å². The van der Waals surface area contributed by atoms with Gasteiger partial charge in [0.25, 0.3) is 0 Å². The summed E-state index contributed by atoms with van der Waals surface area (Å²) in [5, 5.41) is 8.37. The molecule has 0 saturated heterocycles. The van der Waals surface area contributed by atoms with E-state index in [0.29, 0.717) is 22.8 Å². The van der Waals surface area contributed by atoms with Crippen molar-refractivity contribution in [1.29, 1.82) is 0 Å². The number of imidazole rings is 1. The van der Waals surface area contributed by atoms with Crippen LogP contribution < -0.4 is 4.90 Å². The van der Waals surface area contributed by atoms with Gasteiger partial charge in [-0.25, -0.2) is 15.0 Å². The first-order chi connectivity index (χ1) is 16.2. The maximum absolute atomic E-state index is 4.83. The zero-order chi connectivity index (χ0) is 22.4. The fourth-order valence-electron chi connectivity index (χ4n) is 3.82. The Morgan fingerprint density at radius 3 is 2.61 bits per heavy atom. The number of pyridine rings is 4. The summed E-state index contributed by atoms with van der Waals surface area (Å²) in [6.45, 7) is 0. The summed E-state index contributed by atoms with van der Waals surface area (Å²) >= 11 is 0. The van der Waals surface area contributed by atoms with Crippen LogP contribution in [0.4, 0.5) is 5.69 Å². The number of fused-ring (bicyclic) bond motifs is 2. The molecule has 0 saturated carbocycles. The van der Waals surface area contributed by atoms with Crippen molar-refractivity contribution in [2.45, 2.75) is 0 Å². The van der Waals surface area contributed by atoms with Crippen LogP contribution in [0.25, 0.3) is 56.1 Å². The lowest BCUT2D eigenvalue weighted by Gasteiger charge is -2.12. The summed E-state index contributed by atoms with van der Waals surface area (Å²) in [6.07, 6.45) is 9.00. The van der Waals surface area contributed by atoms with Crippen LogP contribution in [0.1, 0.15) is 0 Å². The molecule has 33 heavy (non-hydrogen) atoms. The molecule has 0 aliphatic rings. The molecule has 9 nitrogen and oxygen atoms in total. The lowest BCUT2D eigenvalue weighted by atomic mass is 10.1. The Morgan fingerprint density at radius 1 is 0.848 bits per heavy atom. The second-order valence-electron chi connectivity index (χ2n) is 7.87. The summed E-state index contributed by atoms with van der Waals surface area (Å²) in [6, 6.07) is 11.9. The number of rotatable bonds is 4. The number of aromatic nitrogens is 8. The third kappa shape index (κ3) is 3.26. The predicted octanol–water partition coefficient (Wildman–Crippen LogP) is 4.09. The SMILES string of the molecule is CN(C)c1cncc(-c2cnc3[nH]nc(-c4nc5c(-c6ccccn6)ccnc5[nH]4)c3c2)c1. The smallest absolute Gasteiger partial charge is 0.161 e. The number of nitrogens with zero attached hydrogens (tertiary/aromatic N) is 7. The summed E-state index contributed by atoms with van der Waals surface area (Å²) in [4.78, 5) is 28.0. The van der Waals surface area contributed by atoms with Gasteiger partial charge < -0.3 is 9.88 Å². The van der Waals surface area contributed by atoms with Gasteiger partial charge in [0.2, 0.25) is 0 Å².